The highest BCUT2D eigenvalue weighted by molar-refractivity contribution is 5.32. The minimum atomic E-state index is 0.356. The lowest BCUT2D eigenvalue weighted by Crippen LogP contribution is -2.15. The molecule has 0 aliphatic heterocycles. The highest BCUT2D eigenvalue weighted by Crippen LogP contribution is 2.18. The van der Waals surface area contributed by atoms with Crippen LogP contribution in [-0.4, -0.2) is 30.1 Å². The van der Waals surface area contributed by atoms with E-state index in [4.69, 9.17) is 0 Å². The molecule has 2 N–H and O–H groups in total. The number of aromatic nitrogens is 2. The summed E-state index contributed by atoms with van der Waals surface area (Å²) in [5.74, 6) is 1.82. The van der Waals surface area contributed by atoms with Gasteiger partial charge in [-0.25, -0.2) is 9.97 Å². The summed E-state index contributed by atoms with van der Waals surface area (Å²) in [7, 11) is 1.94. The van der Waals surface area contributed by atoms with Gasteiger partial charge in [0.15, 0.2) is 0 Å². The second kappa shape index (κ2) is 6.55. The molecule has 0 aliphatic rings. The van der Waals surface area contributed by atoms with Crippen molar-refractivity contribution in [1.29, 1.82) is 0 Å². The summed E-state index contributed by atoms with van der Waals surface area (Å²) in [6.45, 7) is 8.59. The summed E-state index contributed by atoms with van der Waals surface area (Å²) >= 11 is 0. The molecule has 0 fully saturated rings. The van der Waals surface area contributed by atoms with Crippen molar-refractivity contribution in [2.45, 2.75) is 33.6 Å². The molecular weight excluding hydrogens is 212 g/mol. The Labute approximate surface area is 104 Å². The Morgan fingerprint density at radius 1 is 1.24 bits per heavy atom. The first-order chi connectivity index (χ1) is 8.01. The van der Waals surface area contributed by atoms with Crippen LogP contribution in [0.2, 0.25) is 0 Å². The SMILES string of the molecule is CNCCc1nccc(NCCC(C)(C)C)n1. The zero-order valence-corrected chi connectivity index (χ0v) is 11.4. The fourth-order valence-electron chi connectivity index (χ4n) is 1.42. The molecule has 0 bridgehead atoms. The molecule has 0 aliphatic carbocycles. The quantitative estimate of drug-likeness (QED) is 0.794. The lowest BCUT2D eigenvalue weighted by atomic mass is 9.92. The molecule has 0 unspecified atom stereocenters. The first-order valence-corrected chi connectivity index (χ1v) is 6.22. The fraction of sp³-hybridized carbons (Fsp3) is 0.692. The van der Waals surface area contributed by atoms with E-state index in [1.165, 1.54) is 0 Å². The summed E-state index contributed by atoms with van der Waals surface area (Å²) in [5.41, 5.74) is 0.356. The van der Waals surface area contributed by atoms with Gasteiger partial charge in [-0.3, -0.25) is 0 Å². The van der Waals surface area contributed by atoms with Crippen molar-refractivity contribution < 1.29 is 0 Å². The molecule has 17 heavy (non-hydrogen) atoms. The van der Waals surface area contributed by atoms with Crippen molar-refractivity contribution >= 4 is 5.82 Å². The molecule has 0 radical (unpaired) electrons. The Morgan fingerprint density at radius 2 is 2.00 bits per heavy atom. The van der Waals surface area contributed by atoms with Crippen molar-refractivity contribution in [2.24, 2.45) is 5.41 Å². The van der Waals surface area contributed by atoms with E-state index in [9.17, 15) is 0 Å². The van der Waals surface area contributed by atoms with E-state index in [-0.39, 0.29) is 0 Å². The normalized spacial score (nSPS) is 11.5. The van der Waals surface area contributed by atoms with E-state index in [1.807, 2.05) is 19.3 Å². The maximum Gasteiger partial charge on any atom is 0.131 e. The third-order valence-corrected chi connectivity index (χ3v) is 2.49. The fourth-order valence-corrected chi connectivity index (χ4v) is 1.42. The molecule has 1 rings (SSSR count). The monoisotopic (exact) mass is 236 g/mol. The predicted molar refractivity (Wildman–Crippen MR) is 72.2 cm³/mol. The lowest BCUT2D eigenvalue weighted by molar-refractivity contribution is 0.389. The number of nitrogens with one attached hydrogen (secondary N) is 2. The lowest BCUT2D eigenvalue weighted by Gasteiger charge is -2.18. The summed E-state index contributed by atoms with van der Waals surface area (Å²) in [5, 5.41) is 6.44. The van der Waals surface area contributed by atoms with Crippen LogP contribution in [0.4, 0.5) is 5.82 Å². The number of nitrogens with zero attached hydrogens (tertiary/aromatic N) is 2. The zero-order chi connectivity index (χ0) is 12.7. The zero-order valence-electron chi connectivity index (χ0n) is 11.4. The van der Waals surface area contributed by atoms with Gasteiger partial charge in [-0.1, -0.05) is 20.8 Å². The average Bonchev–Trinajstić information content (AvgIpc) is 2.25. The largest absolute Gasteiger partial charge is 0.370 e. The molecule has 0 spiro atoms. The van der Waals surface area contributed by atoms with Crippen molar-refractivity contribution in [1.82, 2.24) is 15.3 Å². The van der Waals surface area contributed by atoms with Gasteiger partial charge in [0.1, 0.15) is 11.6 Å². The molecular formula is C13H24N4. The van der Waals surface area contributed by atoms with Crippen LogP contribution in [0.25, 0.3) is 0 Å². The Morgan fingerprint density at radius 3 is 2.65 bits per heavy atom. The van der Waals surface area contributed by atoms with Crippen LogP contribution in [0.3, 0.4) is 0 Å². The topological polar surface area (TPSA) is 49.8 Å². The summed E-state index contributed by atoms with van der Waals surface area (Å²) in [6, 6.07) is 1.92. The van der Waals surface area contributed by atoms with Crippen LogP contribution in [0, 0.1) is 5.41 Å². The predicted octanol–water partition coefficient (Wildman–Crippen LogP) is 2.09. The number of anilines is 1. The van der Waals surface area contributed by atoms with Crippen molar-refractivity contribution in [2.75, 3.05) is 25.5 Å². The van der Waals surface area contributed by atoms with Gasteiger partial charge in [0.25, 0.3) is 0 Å². The van der Waals surface area contributed by atoms with E-state index in [2.05, 4.69) is 41.4 Å². The van der Waals surface area contributed by atoms with Crippen LogP contribution in [0.1, 0.15) is 33.0 Å². The molecule has 0 aromatic carbocycles. The van der Waals surface area contributed by atoms with Crippen LogP contribution in [-0.2, 0) is 6.42 Å². The van der Waals surface area contributed by atoms with Crippen molar-refractivity contribution in [3.05, 3.63) is 18.1 Å². The van der Waals surface area contributed by atoms with Crippen molar-refractivity contribution in [3.63, 3.8) is 0 Å². The highest BCUT2D eigenvalue weighted by Gasteiger charge is 2.09. The van der Waals surface area contributed by atoms with Crippen LogP contribution >= 0.6 is 0 Å². The van der Waals surface area contributed by atoms with Crippen LogP contribution in [0.5, 0.6) is 0 Å². The van der Waals surface area contributed by atoms with Gasteiger partial charge in [-0.2, -0.15) is 0 Å². The molecule has 1 aromatic heterocycles. The number of rotatable bonds is 6. The van der Waals surface area contributed by atoms with Gasteiger partial charge in [-0.15, -0.1) is 0 Å². The Kier molecular flexibility index (Phi) is 5.35. The number of likely N-dealkylation sites (N-methyl/N-ethyl adjacent to an activating group) is 1. The molecule has 4 nitrogen and oxygen atoms in total. The standard InChI is InChI=1S/C13H24N4/c1-13(2,3)7-10-16-12-6-9-15-11(17-12)5-8-14-4/h6,9,14H,5,7-8,10H2,1-4H3,(H,15,16,17). The molecule has 1 aromatic rings. The molecule has 0 saturated heterocycles. The number of hydrogen-bond acceptors (Lipinski definition) is 4. The molecule has 4 heteroatoms. The third-order valence-electron chi connectivity index (χ3n) is 2.49. The molecule has 96 valence electrons. The van der Waals surface area contributed by atoms with Gasteiger partial charge in [-0.05, 0) is 24.9 Å². The molecule has 0 saturated carbocycles. The Hall–Kier alpha value is -1.16. The molecule has 1 heterocycles. The second-order valence-electron chi connectivity index (χ2n) is 5.45. The third kappa shape index (κ3) is 6.22. The maximum atomic E-state index is 4.47. The smallest absolute Gasteiger partial charge is 0.131 e. The van der Waals surface area contributed by atoms with Gasteiger partial charge < -0.3 is 10.6 Å². The van der Waals surface area contributed by atoms with E-state index in [0.717, 1.165) is 37.6 Å². The van der Waals surface area contributed by atoms with E-state index in [1.54, 1.807) is 0 Å². The van der Waals surface area contributed by atoms with Gasteiger partial charge in [0.2, 0.25) is 0 Å². The molecule has 0 amide bonds. The minimum Gasteiger partial charge on any atom is -0.370 e. The van der Waals surface area contributed by atoms with Crippen LogP contribution < -0.4 is 10.6 Å². The second-order valence-corrected chi connectivity index (χ2v) is 5.45. The minimum absolute atomic E-state index is 0.356. The molecule has 0 atom stereocenters. The Bertz CT molecular complexity index is 330. The first-order valence-electron chi connectivity index (χ1n) is 6.22. The maximum absolute atomic E-state index is 4.47. The average molecular weight is 236 g/mol. The van der Waals surface area contributed by atoms with Gasteiger partial charge in [0, 0.05) is 25.7 Å². The summed E-state index contributed by atoms with van der Waals surface area (Å²) < 4.78 is 0. The van der Waals surface area contributed by atoms with E-state index in [0.29, 0.717) is 5.41 Å². The van der Waals surface area contributed by atoms with Crippen LogP contribution in [0.15, 0.2) is 12.3 Å². The van der Waals surface area contributed by atoms with Gasteiger partial charge >= 0.3 is 0 Å². The highest BCUT2D eigenvalue weighted by atomic mass is 15.0. The summed E-state index contributed by atoms with van der Waals surface area (Å²) in [4.78, 5) is 8.71. The van der Waals surface area contributed by atoms with Crippen molar-refractivity contribution in [3.8, 4) is 0 Å². The summed E-state index contributed by atoms with van der Waals surface area (Å²) in [6.07, 6.45) is 3.81. The Balaban J connectivity index is 2.43. The van der Waals surface area contributed by atoms with E-state index >= 15 is 0 Å². The number of hydrogen-bond donors (Lipinski definition) is 2. The first kappa shape index (κ1) is 13.9. The van der Waals surface area contributed by atoms with E-state index < -0.39 is 0 Å². The van der Waals surface area contributed by atoms with Gasteiger partial charge in [0.05, 0.1) is 0 Å².